The van der Waals surface area contributed by atoms with Crippen molar-refractivity contribution in [3.63, 3.8) is 0 Å². The molecule has 0 radical (unpaired) electrons. The van der Waals surface area contributed by atoms with Gasteiger partial charge in [0.15, 0.2) is 10.9 Å². The van der Waals surface area contributed by atoms with Gasteiger partial charge in [0, 0.05) is 37.0 Å². The maximum Gasteiger partial charge on any atom is 0.264 e. The van der Waals surface area contributed by atoms with Crippen LogP contribution in [0.4, 0.5) is 5.13 Å². The number of anilines is 1. The highest BCUT2D eigenvalue weighted by Crippen LogP contribution is 2.29. The van der Waals surface area contributed by atoms with Crippen molar-refractivity contribution >= 4 is 22.4 Å². The predicted octanol–water partition coefficient (Wildman–Crippen LogP) is 2.53. The van der Waals surface area contributed by atoms with Gasteiger partial charge in [-0.25, -0.2) is 14.8 Å². The first-order valence-electron chi connectivity index (χ1n) is 10.2. The van der Waals surface area contributed by atoms with E-state index in [1.165, 1.54) is 38.7 Å². The highest BCUT2D eigenvalue weighted by molar-refractivity contribution is 7.15. The molecule has 1 aliphatic heterocycles. The predicted molar refractivity (Wildman–Crippen MR) is 121 cm³/mol. The summed E-state index contributed by atoms with van der Waals surface area (Å²) in [6.45, 7) is 4.45. The monoisotopic (exact) mass is 447 g/mol. The van der Waals surface area contributed by atoms with E-state index in [1.54, 1.807) is 13.0 Å². The van der Waals surface area contributed by atoms with Gasteiger partial charge in [0.1, 0.15) is 0 Å². The maximum absolute atomic E-state index is 12.9. The Morgan fingerprint density at radius 1 is 1.22 bits per heavy atom. The van der Waals surface area contributed by atoms with Gasteiger partial charge < -0.3 is 0 Å². The number of fused-ring (bicyclic) bond motifs is 1. The van der Waals surface area contributed by atoms with E-state index < -0.39 is 0 Å². The molecule has 2 N–H and O–H groups in total. The third kappa shape index (κ3) is 4.10. The Kier molecular flexibility index (Phi) is 5.38. The Balaban J connectivity index is 1.28. The number of aromatic amines is 1. The van der Waals surface area contributed by atoms with Crippen molar-refractivity contribution in [3.8, 4) is 5.82 Å². The van der Waals surface area contributed by atoms with Crippen LogP contribution in [0.25, 0.3) is 5.82 Å². The Labute approximate surface area is 187 Å². The van der Waals surface area contributed by atoms with Crippen LogP contribution >= 0.6 is 11.3 Å². The van der Waals surface area contributed by atoms with E-state index in [-0.39, 0.29) is 11.5 Å². The van der Waals surface area contributed by atoms with Gasteiger partial charge >= 0.3 is 0 Å². The SMILES string of the molecule is Cc1c(C(=O)Nc2nc3c(s2)CN(Cc2ccccc2)CC3)cnn1-c1ccc(=O)[nH]n1. The van der Waals surface area contributed by atoms with Crippen LogP contribution in [0.3, 0.4) is 0 Å². The number of hydrogen-bond acceptors (Lipinski definition) is 7. The number of amides is 1. The highest BCUT2D eigenvalue weighted by Gasteiger charge is 2.23. The summed E-state index contributed by atoms with van der Waals surface area (Å²) in [5, 5.41) is 14.1. The topological polar surface area (TPSA) is 109 Å². The van der Waals surface area contributed by atoms with Crippen molar-refractivity contribution in [3.05, 3.63) is 86.4 Å². The Morgan fingerprint density at radius 3 is 2.84 bits per heavy atom. The fourth-order valence-electron chi connectivity index (χ4n) is 3.76. The average Bonchev–Trinajstić information content (AvgIpc) is 3.37. The molecule has 4 heterocycles. The van der Waals surface area contributed by atoms with E-state index in [2.05, 4.69) is 54.8 Å². The molecule has 1 amide bonds. The molecule has 0 unspecified atom stereocenters. The van der Waals surface area contributed by atoms with E-state index in [0.717, 1.165) is 31.7 Å². The number of rotatable bonds is 5. The van der Waals surface area contributed by atoms with Crippen molar-refractivity contribution in [1.82, 2.24) is 29.9 Å². The first kappa shape index (κ1) is 20.3. The summed E-state index contributed by atoms with van der Waals surface area (Å²) in [6.07, 6.45) is 2.36. The van der Waals surface area contributed by atoms with Gasteiger partial charge in [0.05, 0.1) is 23.1 Å². The first-order valence-corrected chi connectivity index (χ1v) is 11.1. The van der Waals surface area contributed by atoms with Gasteiger partial charge in [0.25, 0.3) is 11.5 Å². The third-order valence-corrected chi connectivity index (χ3v) is 6.41. The number of aromatic nitrogens is 5. The molecule has 4 aromatic rings. The lowest BCUT2D eigenvalue weighted by molar-refractivity contribution is 0.102. The molecule has 0 aliphatic carbocycles. The molecule has 0 saturated heterocycles. The van der Waals surface area contributed by atoms with Crippen LogP contribution in [0.5, 0.6) is 0 Å². The molecule has 0 bridgehead atoms. The molecule has 10 heteroatoms. The van der Waals surface area contributed by atoms with Gasteiger partial charge in [0.2, 0.25) is 0 Å². The van der Waals surface area contributed by atoms with E-state index in [1.807, 2.05) is 6.07 Å². The summed E-state index contributed by atoms with van der Waals surface area (Å²) in [7, 11) is 0. The summed E-state index contributed by atoms with van der Waals surface area (Å²) in [4.78, 5) is 32.3. The van der Waals surface area contributed by atoms with Crippen molar-refractivity contribution < 1.29 is 4.79 Å². The Bertz CT molecular complexity index is 1310. The minimum absolute atomic E-state index is 0.273. The summed E-state index contributed by atoms with van der Waals surface area (Å²) >= 11 is 1.52. The van der Waals surface area contributed by atoms with E-state index in [4.69, 9.17) is 0 Å². The molecule has 5 rings (SSSR count). The molecule has 32 heavy (non-hydrogen) atoms. The number of thiazole rings is 1. The molecule has 0 fully saturated rings. The zero-order chi connectivity index (χ0) is 22.1. The average molecular weight is 448 g/mol. The van der Waals surface area contributed by atoms with Crippen LogP contribution in [-0.2, 0) is 19.5 Å². The summed E-state index contributed by atoms with van der Waals surface area (Å²) in [5.74, 6) is 0.162. The van der Waals surface area contributed by atoms with Crippen LogP contribution < -0.4 is 10.9 Å². The first-order chi connectivity index (χ1) is 15.6. The molecule has 1 aromatic carbocycles. The van der Waals surface area contributed by atoms with Gasteiger partial charge in [-0.2, -0.15) is 10.2 Å². The molecule has 9 nitrogen and oxygen atoms in total. The number of carbonyl (C=O) groups is 1. The summed E-state index contributed by atoms with van der Waals surface area (Å²) in [5.41, 5.74) is 3.10. The van der Waals surface area contributed by atoms with Crippen molar-refractivity contribution in [1.29, 1.82) is 0 Å². The van der Waals surface area contributed by atoms with Crippen LogP contribution in [0.15, 0.2) is 53.5 Å². The quantitative estimate of drug-likeness (QED) is 0.487. The minimum Gasteiger partial charge on any atom is -0.298 e. The summed E-state index contributed by atoms with van der Waals surface area (Å²) < 4.78 is 1.51. The zero-order valence-corrected chi connectivity index (χ0v) is 18.2. The van der Waals surface area contributed by atoms with E-state index in [0.29, 0.717) is 22.2 Å². The fraction of sp³-hybridized carbons (Fsp3) is 0.227. The lowest BCUT2D eigenvalue weighted by Gasteiger charge is -2.25. The molecule has 162 valence electrons. The number of nitrogens with one attached hydrogen (secondary N) is 2. The highest BCUT2D eigenvalue weighted by atomic mass is 32.1. The van der Waals surface area contributed by atoms with Crippen LogP contribution in [0.1, 0.15) is 32.2 Å². The Hall–Kier alpha value is -3.63. The summed E-state index contributed by atoms with van der Waals surface area (Å²) in [6, 6.07) is 13.3. The molecule has 0 spiro atoms. The normalized spacial score (nSPS) is 13.7. The van der Waals surface area contributed by atoms with E-state index >= 15 is 0 Å². The third-order valence-electron chi connectivity index (χ3n) is 5.42. The van der Waals surface area contributed by atoms with Gasteiger partial charge in [-0.05, 0) is 18.6 Å². The van der Waals surface area contributed by atoms with Crippen molar-refractivity contribution in [2.45, 2.75) is 26.4 Å². The standard InChI is InChI=1S/C22H21N7O2S/c1-14-16(11-23-29(14)19-7-8-20(30)27-26-19)21(31)25-22-24-17-9-10-28(13-18(17)32-22)12-15-5-3-2-4-6-15/h2-8,11H,9-10,12-13H2,1H3,(H,27,30)(H,24,25,31). The minimum atomic E-state index is -0.299. The van der Waals surface area contributed by atoms with Gasteiger partial charge in [-0.3, -0.25) is 19.8 Å². The van der Waals surface area contributed by atoms with Crippen LogP contribution in [-0.4, -0.2) is 42.3 Å². The van der Waals surface area contributed by atoms with Crippen LogP contribution in [0, 0.1) is 6.92 Å². The number of H-pyrrole nitrogens is 1. The lowest BCUT2D eigenvalue weighted by Crippen LogP contribution is -2.29. The molecule has 3 aromatic heterocycles. The van der Waals surface area contributed by atoms with Gasteiger partial charge in [-0.15, -0.1) is 11.3 Å². The number of hydrogen-bond donors (Lipinski definition) is 2. The lowest BCUT2D eigenvalue weighted by atomic mass is 10.1. The fourth-order valence-corrected chi connectivity index (χ4v) is 4.81. The second-order valence-corrected chi connectivity index (χ2v) is 8.71. The molecular weight excluding hydrogens is 426 g/mol. The maximum atomic E-state index is 12.9. The number of carbonyl (C=O) groups excluding carboxylic acids is 1. The Morgan fingerprint density at radius 2 is 2.06 bits per heavy atom. The van der Waals surface area contributed by atoms with E-state index in [9.17, 15) is 9.59 Å². The smallest absolute Gasteiger partial charge is 0.264 e. The zero-order valence-electron chi connectivity index (χ0n) is 17.4. The molecule has 1 aliphatic rings. The van der Waals surface area contributed by atoms with Gasteiger partial charge in [-0.1, -0.05) is 30.3 Å². The molecule has 0 saturated carbocycles. The molecular formula is C22H21N7O2S. The van der Waals surface area contributed by atoms with Crippen LogP contribution in [0.2, 0.25) is 0 Å². The number of benzene rings is 1. The second-order valence-electron chi connectivity index (χ2n) is 7.62. The van der Waals surface area contributed by atoms with Crippen molar-refractivity contribution in [2.75, 3.05) is 11.9 Å². The van der Waals surface area contributed by atoms with Crippen molar-refractivity contribution in [2.24, 2.45) is 0 Å². The largest absolute Gasteiger partial charge is 0.298 e. The molecule has 0 atom stereocenters. The second kappa shape index (κ2) is 8.48. The number of nitrogens with zero attached hydrogens (tertiary/aromatic N) is 5.